The number of ketones is 1. The number of nitro benzene ring substituents is 1. The van der Waals surface area contributed by atoms with Crippen LogP contribution in [0.25, 0.3) is 0 Å². The number of nitrogens with zero attached hydrogens (tertiary/aromatic N) is 3. The van der Waals surface area contributed by atoms with Crippen molar-refractivity contribution in [2.75, 3.05) is 25.2 Å². The molecule has 0 saturated heterocycles. The van der Waals surface area contributed by atoms with Crippen LogP contribution in [0, 0.1) is 17.0 Å². The van der Waals surface area contributed by atoms with E-state index in [4.69, 9.17) is 14.2 Å². The monoisotopic (exact) mass is 537 g/mol. The lowest BCUT2D eigenvalue weighted by Crippen LogP contribution is -2.31. The van der Waals surface area contributed by atoms with Crippen LogP contribution >= 0.6 is 11.3 Å². The number of aliphatic hydroxyl groups excluding tert-OH is 1. The van der Waals surface area contributed by atoms with E-state index in [1.807, 2.05) is 0 Å². The molecule has 0 spiro atoms. The predicted molar refractivity (Wildman–Crippen MR) is 133 cm³/mol. The van der Waals surface area contributed by atoms with E-state index in [1.54, 1.807) is 13.0 Å². The Kier molecular flexibility index (Phi) is 6.28. The Hall–Kier alpha value is -4.78. The fraction of sp³-hybridized carbons (Fsp3) is 0.200. The van der Waals surface area contributed by atoms with Gasteiger partial charge in [-0.1, -0.05) is 23.5 Å². The first-order valence-electron chi connectivity index (χ1n) is 11.2. The van der Waals surface area contributed by atoms with Crippen molar-refractivity contribution in [2.24, 2.45) is 0 Å². The average Bonchev–Trinajstić information content (AvgIpc) is 3.43. The molecule has 194 valence electrons. The minimum Gasteiger partial charge on any atom is -0.503 e. The second-order valence-electron chi connectivity index (χ2n) is 8.28. The number of thiazole rings is 1. The zero-order chi connectivity index (χ0) is 27.1. The van der Waals surface area contributed by atoms with Crippen molar-refractivity contribution in [1.82, 2.24) is 4.98 Å². The Morgan fingerprint density at radius 1 is 1.18 bits per heavy atom. The standard InChI is InChI=1S/C25H19N3O9S/c1-12-22(24(32)35-2)38-25(26-12)27-19(13-4-3-5-15(10-13)28(33)34)18(21(30)23(27)31)20(29)14-6-7-16-17(11-14)37-9-8-36-16/h3-7,10-11,19,30H,8-9H2,1-2H3. The van der Waals surface area contributed by atoms with Crippen molar-refractivity contribution in [1.29, 1.82) is 0 Å². The molecule has 0 bridgehead atoms. The molecule has 5 rings (SSSR count). The summed E-state index contributed by atoms with van der Waals surface area (Å²) in [6, 6.07) is 8.55. The second kappa shape index (κ2) is 9.59. The van der Waals surface area contributed by atoms with Gasteiger partial charge in [0.2, 0.25) is 0 Å². The van der Waals surface area contributed by atoms with Crippen LogP contribution in [0.5, 0.6) is 11.5 Å². The number of esters is 1. The van der Waals surface area contributed by atoms with Crippen LogP contribution in [0.15, 0.2) is 53.8 Å². The largest absolute Gasteiger partial charge is 0.503 e. The molecule has 0 fully saturated rings. The zero-order valence-corrected chi connectivity index (χ0v) is 20.8. The Labute approximate surface area is 218 Å². The molecule has 2 aromatic carbocycles. The minimum atomic E-state index is -1.28. The van der Waals surface area contributed by atoms with Gasteiger partial charge in [0.05, 0.1) is 29.3 Å². The molecule has 1 amide bonds. The highest BCUT2D eigenvalue weighted by atomic mass is 32.1. The van der Waals surface area contributed by atoms with Gasteiger partial charge in [-0.15, -0.1) is 0 Å². The van der Waals surface area contributed by atoms with Gasteiger partial charge in [-0.3, -0.25) is 24.6 Å². The summed E-state index contributed by atoms with van der Waals surface area (Å²) in [5.41, 5.74) is -0.0254. The van der Waals surface area contributed by atoms with Crippen LogP contribution < -0.4 is 14.4 Å². The van der Waals surface area contributed by atoms with Crippen LogP contribution in [-0.2, 0) is 9.53 Å². The number of aryl methyl sites for hydroxylation is 1. The quantitative estimate of drug-likeness (QED) is 0.213. The molecule has 3 heterocycles. The smallest absolute Gasteiger partial charge is 0.350 e. The van der Waals surface area contributed by atoms with Crippen molar-refractivity contribution in [3.05, 3.63) is 85.6 Å². The number of Topliss-reactive ketones (excluding diaryl/α,β-unsaturated/α-hetero) is 1. The van der Waals surface area contributed by atoms with E-state index in [2.05, 4.69) is 4.98 Å². The number of rotatable bonds is 6. The van der Waals surface area contributed by atoms with Gasteiger partial charge in [0, 0.05) is 17.7 Å². The van der Waals surface area contributed by atoms with E-state index < -0.39 is 34.4 Å². The lowest BCUT2D eigenvalue weighted by atomic mass is 9.92. The maximum absolute atomic E-state index is 13.8. The number of fused-ring (bicyclic) bond motifs is 1. The highest BCUT2D eigenvalue weighted by Crippen LogP contribution is 2.45. The number of carbonyl (C=O) groups excluding carboxylic acids is 3. The number of ether oxygens (including phenoxy) is 3. The van der Waals surface area contributed by atoms with Gasteiger partial charge in [-0.05, 0) is 30.7 Å². The summed E-state index contributed by atoms with van der Waals surface area (Å²) in [5, 5.41) is 22.5. The number of anilines is 1. The maximum atomic E-state index is 13.8. The molecule has 1 atom stereocenters. The molecule has 1 aromatic heterocycles. The van der Waals surface area contributed by atoms with Gasteiger partial charge in [0.25, 0.3) is 11.6 Å². The highest BCUT2D eigenvalue weighted by Gasteiger charge is 2.46. The molecule has 12 nitrogen and oxygen atoms in total. The number of aliphatic hydroxyl groups is 1. The molecule has 0 aliphatic carbocycles. The number of carbonyl (C=O) groups is 3. The molecule has 1 N–H and O–H groups in total. The number of non-ortho nitro benzene ring substituents is 1. The summed E-state index contributed by atoms with van der Waals surface area (Å²) in [6.45, 7) is 2.18. The van der Waals surface area contributed by atoms with Crippen molar-refractivity contribution in [3.8, 4) is 11.5 Å². The number of aromatic nitrogens is 1. The summed E-state index contributed by atoms with van der Waals surface area (Å²) < 4.78 is 15.8. The number of nitro groups is 1. The third-order valence-electron chi connectivity index (χ3n) is 6.02. The lowest BCUT2D eigenvalue weighted by molar-refractivity contribution is -0.384. The van der Waals surface area contributed by atoms with Gasteiger partial charge in [0.1, 0.15) is 18.1 Å². The summed E-state index contributed by atoms with van der Waals surface area (Å²) in [4.78, 5) is 55.7. The van der Waals surface area contributed by atoms with Gasteiger partial charge in [-0.25, -0.2) is 9.78 Å². The predicted octanol–water partition coefficient (Wildman–Crippen LogP) is 3.70. The summed E-state index contributed by atoms with van der Waals surface area (Å²) in [5.74, 6) is -2.39. The van der Waals surface area contributed by atoms with Gasteiger partial charge in [-0.2, -0.15) is 0 Å². The van der Waals surface area contributed by atoms with Gasteiger partial charge >= 0.3 is 5.97 Å². The van der Waals surface area contributed by atoms with E-state index in [0.717, 1.165) is 16.2 Å². The van der Waals surface area contributed by atoms with E-state index in [9.17, 15) is 29.6 Å². The molecule has 2 aliphatic rings. The molecule has 2 aliphatic heterocycles. The Morgan fingerprint density at radius 2 is 1.92 bits per heavy atom. The first kappa shape index (κ1) is 24.9. The SMILES string of the molecule is COC(=O)c1sc(N2C(=O)C(O)=C(C(=O)c3ccc4c(c3)OCCO4)C2c2cccc([N+](=O)[O-])c2)nc1C. The number of hydrogen-bond acceptors (Lipinski definition) is 11. The van der Waals surface area contributed by atoms with E-state index in [0.29, 0.717) is 18.1 Å². The third-order valence-corrected chi connectivity index (χ3v) is 7.15. The van der Waals surface area contributed by atoms with Crippen LogP contribution in [0.2, 0.25) is 0 Å². The highest BCUT2D eigenvalue weighted by molar-refractivity contribution is 7.17. The Morgan fingerprint density at radius 3 is 2.63 bits per heavy atom. The number of benzene rings is 2. The maximum Gasteiger partial charge on any atom is 0.350 e. The van der Waals surface area contributed by atoms with Crippen molar-refractivity contribution in [2.45, 2.75) is 13.0 Å². The molecule has 38 heavy (non-hydrogen) atoms. The fourth-order valence-electron chi connectivity index (χ4n) is 4.27. The molecular formula is C25H19N3O9S. The molecule has 3 aromatic rings. The van der Waals surface area contributed by atoms with E-state index >= 15 is 0 Å². The summed E-state index contributed by atoms with van der Waals surface area (Å²) in [7, 11) is 1.20. The number of amides is 1. The minimum absolute atomic E-state index is 0.000861. The first-order chi connectivity index (χ1) is 18.2. The normalized spacial score (nSPS) is 16.5. The number of methoxy groups -OCH3 is 1. The fourth-order valence-corrected chi connectivity index (χ4v) is 5.28. The Bertz CT molecular complexity index is 1540. The van der Waals surface area contributed by atoms with Crippen molar-refractivity contribution >= 4 is 39.8 Å². The van der Waals surface area contributed by atoms with Crippen LogP contribution in [0.3, 0.4) is 0 Å². The molecule has 1 unspecified atom stereocenters. The molecule has 0 saturated carbocycles. The van der Waals surface area contributed by atoms with Gasteiger partial charge < -0.3 is 19.3 Å². The topological polar surface area (TPSA) is 158 Å². The van der Waals surface area contributed by atoms with Crippen molar-refractivity contribution in [3.63, 3.8) is 0 Å². The first-order valence-corrected chi connectivity index (χ1v) is 12.0. The van der Waals surface area contributed by atoms with Gasteiger partial charge in [0.15, 0.2) is 28.2 Å². The van der Waals surface area contributed by atoms with Crippen LogP contribution in [0.4, 0.5) is 10.8 Å². The van der Waals surface area contributed by atoms with Crippen LogP contribution in [0.1, 0.15) is 37.3 Å². The van der Waals surface area contributed by atoms with Crippen LogP contribution in [-0.4, -0.2) is 53.0 Å². The van der Waals surface area contributed by atoms with E-state index in [-0.39, 0.29) is 44.7 Å². The lowest BCUT2D eigenvalue weighted by Gasteiger charge is -2.24. The summed E-state index contributed by atoms with van der Waals surface area (Å²) in [6.07, 6.45) is 0. The third kappa shape index (κ3) is 4.12. The van der Waals surface area contributed by atoms with Crippen molar-refractivity contribution < 1.29 is 38.6 Å². The molecule has 13 heteroatoms. The summed E-state index contributed by atoms with van der Waals surface area (Å²) >= 11 is 0.832. The average molecular weight is 538 g/mol. The van der Waals surface area contributed by atoms with E-state index in [1.165, 1.54) is 43.5 Å². The second-order valence-corrected chi connectivity index (χ2v) is 9.26. The number of hydrogen-bond donors (Lipinski definition) is 1. The molecule has 0 radical (unpaired) electrons. The Balaban J connectivity index is 1.65. The molecular weight excluding hydrogens is 518 g/mol. The zero-order valence-electron chi connectivity index (χ0n) is 20.0.